The van der Waals surface area contributed by atoms with E-state index < -0.39 is 23.6 Å². The van der Waals surface area contributed by atoms with Gasteiger partial charge < -0.3 is 33.7 Å². The van der Waals surface area contributed by atoms with Crippen molar-refractivity contribution in [2.24, 2.45) is 17.8 Å². The highest BCUT2D eigenvalue weighted by Gasteiger charge is 2.42. The zero-order valence-electron chi connectivity index (χ0n) is 22.0. The van der Waals surface area contributed by atoms with Crippen molar-refractivity contribution in [3.8, 4) is 17.2 Å². The van der Waals surface area contributed by atoms with E-state index in [1.54, 1.807) is 47.1 Å². The molecule has 1 saturated heterocycles. The Kier molecular flexibility index (Phi) is 10.5. The first kappa shape index (κ1) is 28.6. The summed E-state index contributed by atoms with van der Waals surface area (Å²) in [5.41, 5.74) is -0.644. The summed E-state index contributed by atoms with van der Waals surface area (Å²) in [7, 11) is 3.23. The van der Waals surface area contributed by atoms with Gasteiger partial charge in [0.05, 0.1) is 19.6 Å². The van der Waals surface area contributed by atoms with Crippen LogP contribution in [0.2, 0.25) is 0 Å². The topological polar surface area (TPSA) is 104 Å². The lowest BCUT2D eigenvalue weighted by Gasteiger charge is -2.27. The summed E-state index contributed by atoms with van der Waals surface area (Å²) >= 11 is 0. The minimum Gasteiger partial charge on any atom is -0.493 e. The number of likely N-dealkylation sites (tertiary alicyclic amines) is 1. The zero-order chi connectivity index (χ0) is 26.2. The minimum absolute atomic E-state index is 0.119. The lowest BCUT2D eigenvalue weighted by atomic mass is 9.87. The molecule has 198 valence electrons. The Hall–Kier alpha value is -2.68. The van der Waals surface area contributed by atoms with E-state index in [0.29, 0.717) is 43.4 Å². The highest BCUT2D eigenvalue weighted by molar-refractivity contribution is 5.74. The van der Waals surface area contributed by atoms with Crippen molar-refractivity contribution in [3.63, 3.8) is 0 Å². The molecule has 0 aliphatic carbocycles. The van der Waals surface area contributed by atoms with E-state index in [-0.39, 0.29) is 24.5 Å². The Morgan fingerprint density at radius 2 is 1.83 bits per heavy atom. The van der Waals surface area contributed by atoms with Crippen LogP contribution in [-0.4, -0.2) is 74.3 Å². The molecule has 1 N–H and O–H groups in total. The summed E-state index contributed by atoms with van der Waals surface area (Å²) in [5, 5.41) is 9.81. The van der Waals surface area contributed by atoms with Gasteiger partial charge in [0, 0.05) is 39.3 Å². The van der Waals surface area contributed by atoms with Crippen molar-refractivity contribution < 1.29 is 38.4 Å². The van der Waals surface area contributed by atoms with Crippen LogP contribution in [0.15, 0.2) is 18.2 Å². The quantitative estimate of drug-likeness (QED) is 0.424. The van der Waals surface area contributed by atoms with E-state index >= 15 is 0 Å². The van der Waals surface area contributed by atoms with Crippen LogP contribution in [0.25, 0.3) is 0 Å². The second kappa shape index (κ2) is 12.9. The lowest BCUT2D eigenvalue weighted by Crippen LogP contribution is -2.36. The van der Waals surface area contributed by atoms with E-state index in [2.05, 4.69) is 0 Å². The average molecular weight is 496 g/mol. The number of hydrogen-bond acceptors (Lipinski definition) is 7. The van der Waals surface area contributed by atoms with Crippen LogP contribution < -0.4 is 14.2 Å². The smallest absolute Gasteiger partial charge is 0.410 e. The van der Waals surface area contributed by atoms with Crippen LogP contribution in [0.5, 0.6) is 17.2 Å². The number of methoxy groups -OCH3 is 2. The van der Waals surface area contributed by atoms with Crippen molar-refractivity contribution in [2.75, 3.05) is 40.5 Å². The molecule has 0 saturated carbocycles. The number of ether oxygens (including phenoxy) is 5. The van der Waals surface area contributed by atoms with Gasteiger partial charge >= 0.3 is 12.1 Å². The molecule has 0 aromatic heterocycles. The van der Waals surface area contributed by atoms with Gasteiger partial charge in [-0.15, -0.1) is 0 Å². The number of carboxylic acids is 1. The molecule has 9 nitrogen and oxygen atoms in total. The molecule has 35 heavy (non-hydrogen) atoms. The highest BCUT2D eigenvalue weighted by atomic mass is 16.6. The van der Waals surface area contributed by atoms with E-state index in [4.69, 9.17) is 23.7 Å². The number of benzene rings is 1. The number of hydrogen-bond donors (Lipinski definition) is 1. The number of nitrogens with zero attached hydrogens (tertiary/aromatic N) is 1. The number of carbonyl (C=O) groups excluding carboxylic acids is 1. The van der Waals surface area contributed by atoms with Crippen LogP contribution in [0, 0.1) is 17.8 Å². The maximum atomic E-state index is 12.6. The zero-order valence-corrected chi connectivity index (χ0v) is 22.0. The Bertz CT molecular complexity index is 835. The first-order valence-electron chi connectivity index (χ1n) is 12.1. The molecule has 1 aliphatic rings. The molecule has 9 heteroatoms. The Morgan fingerprint density at radius 1 is 1.11 bits per heavy atom. The molecule has 0 bridgehead atoms. The summed E-state index contributed by atoms with van der Waals surface area (Å²) in [6.45, 7) is 11.0. The molecule has 0 radical (unpaired) electrons. The number of aliphatic carboxylic acids is 1. The molecule has 3 atom stereocenters. The summed E-state index contributed by atoms with van der Waals surface area (Å²) in [6.07, 6.45) is 0.490. The second-order valence-electron chi connectivity index (χ2n) is 10.2. The second-order valence-corrected chi connectivity index (χ2v) is 10.2. The summed E-state index contributed by atoms with van der Waals surface area (Å²) in [5.74, 6) is 0.0565. The van der Waals surface area contributed by atoms with Crippen molar-refractivity contribution in [2.45, 2.75) is 59.2 Å². The van der Waals surface area contributed by atoms with E-state index in [1.807, 2.05) is 19.9 Å². The molecule has 1 amide bonds. The van der Waals surface area contributed by atoms with Gasteiger partial charge in [0.25, 0.3) is 0 Å². The van der Waals surface area contributed by atoms with Crippen molar-refractivity contribution in [3.05, 3.63) is 18.2 Å². The molecular formula is C26H41NO8. The largest absolute Gasteiger partial charge is 0.493 e. The van der Waals surface area contributed by atoms with Gasteiger partial charge in [-0.05, 0) is 51.2 Å². The SMILES string of the molecule is COCCCOc1cc(O[C@@H](C[C@@H]2CN(C(=O)OC(C)(C)C)CC2C(=O)O)C(C)C)ccc1OC. The van der Waals surface area contributed by atoms with Gasteiger partial charge in [0.2, 0.25) is 0 Å². The first-order chi connectivity index (χ1) is 16.4. The minimum atomic E-state index is -0.917. The molecule has 1 aliphatic heterocycles. The molecule has 2 rings (SSSR count). The third-order valence-electron chi connectivity index (χ3n) is 5.86. The first-order valence-corrected chi connectivity index (χ1v) is 12.1. The number of rotatable bonds is 12. The Labute approximate surface area is 208 Å². The predicted octanol–water partition coefficient (Wildman–Crippen LogP) is 4.47. The average Bonchev–Trinajstić information content (AvgIpc) is 3.20. The number of amides is 1. The Morgan fingerprint density at radius 3 is 2.40 bits per heavy atom. The fourth-order valence-corrected chi connectivity index (χ4v) is 4.02. The number of carbonyl (C=O) groups is 2. The summed E-state index contributed by atoms with van der Waals surface area (Å²) in [4.78, 5) is 26.0. The van der Waals surface area contributed by atoms with Crippen molar-refractivity contribution in [1.29, 1.82) is 0 Å². The number of carboxylic acid groups (broad SMARTS) is 1. The van der Waals surface area contributed by atoms with Crippen molar-refractivity contribution >= 4 is 12.1 Å². The van der Waals surface area contributed by atoms with Gasteiger partial charge in [-0.2, -0.15) is 0 Å². The van der Waals surface area contributed by atoms with Crippen LogP contribution in [-0.2, 0) is 14.3 Å². The van der Waals surface area contributed by atoms with Gasteiger partial charge in [0.1, 0.15) is 17.5 Å². The molecule has 1 fully saturated rings. The summed E-state index contributed by atoms with van der Waals surface area (Å²) in [6, 6.07) is 5.39. The highest BCUT2D eigenvalue weighted by Crippen LogP contribution is 2.35. The van der Waals surface area contributed by atoms with Gasteiger partial charge in [-0.1, -0.05) is 13.8 Å². The molecule has 1 heterocycles. The van der Waals surface area contributed by atoms with E-state index in [9.17, 15) is 14.7 Å². The predicted molar refractivity (Wildman–Crippen MR) is 131 cm³/mol. The standard InChI is InChI=1S/C26H41NO8/c1-17(2)22(34-19-9-10-21(32-7)23(14-19)33-12-8-11-31-6)13-18-15-27(16-20(18)24(28)29)25(30)35-26(3,4)5/h9-10,14,17-18,20,22H,8,11-13,15-16H2,1-7H3,(H,28,29)/t18-,20?,22+/m1/s1. The van der Waals surface area contributed by atoms with E-state index in [1.165, 1.54) is 4.90 Å². The monoisotopic (exact) mass is 495 g/mol. The molecule has 1 aromatic rings. The van der Waals surface area contributed by atoms with Gasteiger partial charge in [0.15, 0.2) is 11.5 Å². The third kappa shape index (κ3) is 8.80. The van der Waals surface area contributed by atoms with Crippen LogP contribution in [0.1, 0.15) is 47.5 Å². The van der Waals surface area contributed by atoms with Crippen molar-refractivity contribution in [1.82, 2.24) is 4.90 Å². The third-order valence-corrected chi connectivity index (χ3v) is 5.86. The molecular weight excluding hydrogens is 454 g/mol. The maximum absolute atomic E-state index is 12.6. The summed E-state index contributed by atoms with van der Waals surface area (Å²) < 4.78 is 28.1. The molecule has 1 unspecified atom stereocenters. The fraction of sp³-hybridized carbons (Fsp3) is 0.692. The van der Waals surface area contributed by atoms with Crippen LogP contribution >= 0.6 is 0 Å². The van der Waals surface area contributed by atoms with Gasteiger partial charge in [-0.25, -0.2) is 4.79 Å². The molecule has 0 spiro atoms. The normalized spacial score (nSPS) is 18.9. The fourth-order valence-electron chi connectivity index (χ4n) is 4.02. The van der Waals surface area contributed by atoms with Crippen LogP contribution in [0.4, 0.5) is 4.79 Å². The van der Waals surface area contributed by atoms with Crippen LogP contribution in [0.3, 0.4) is 0 Å². The lowest BCUT2D eigenvalue weighted by molar-refractivity contribution is -0.142. The maximum Gasteiger partial charge on any atom is 0.410 e. The molecule has 1 aromatic carbocycles. The van der Waals surface area contributed by atoms with E-state index in [0.717, 1.165) is 6.42 Å². The Balaban J connectivity index is 2.13. The van der Waals surface area contributed by atoms with Gasteiger partial charge in [-0.3, -0.25) is 4.79 Å².